The fourth-order valence-electron chi connectivity index (χ4n) is 1.27. The molecule has 0 fully saturated rings. The molecular weight excluding hydrogens is 316 g/mol. The third-order valence-corrected chi connectivity index (χ3v) is 3.20. The Morgan fingerprint density at radius 1 is 1.48 bits per heavy atom. The zero-order valence-electron chi connectivity index (χ0n) is 10.9. The molecule has 1 aromatic rings. The molecule has 5 nitrogen and oxygen atoms in total. The van der Waals surface area contributed by atoms with E-state index in [4.69, 9.17) is 0 Å². The average molecular weight is 328 g/mol. The van der Waals surface area contributed by atoms with Crippen LogP contribution < -0.4 is 5.32 Å². The minimum Gasteiger partial charge on any atom is -0.469 e. The molecule has 0 aliphatic rings. The van der Waals surface area contributed by atoms with Gasteiger partial charge in [0.25, 0.3) is 0 Å². The molecule has 0 aliphatic carbocycles. The summed E-state index contributed by atoms with van der Waals surface area (Å²) < 4.78 is 53.8. The Kier molecular flexibility index (Phi) is 6.06. The first kappa shape index (κ1) is 17.3. The number of amides is 1. The highest BCUT2D eigenvalue weighted by atomic mass is 32.1. The van der Waals surface area contributed by atoms with E-state index in [0.29, 0.717) is 18.5 Å². The maximum Gasteiger partial charge on any atom is 0.383 e. The molecule has 21 heavy (non-hydrogen) atoms. The third-order valence-electron chi connectivity index (χ3n) is 2.39. The number of hydrogen-bond donors (Lipinski definition) is 1. The lowest BCUT2D eigenvalue weighted by molar-refractivity contribution is -0.163. The first-order chi connectivity index (χ1) is 9.77. The molecular formula is C11H12F4N2O3S. The van der Waals surface area contributed by atoms with Crippen LogP contribution >= 0.6 is 11.3 Å². The summed E-state index contributed by atoms with van der Waals surface area (Å²) in [4.78, 5) is 25.7. The summed E-state index contributed by atoms with van der Waals surface area (Å²) in [6.07, 6.45) is -3.12. The molecule has 0 bridgehead atoms. The lowest BCUT2D eigenvalue weighted by atomic mass is 10.2. The van der Waals surface area contributed by atoms with Crippen molar-refractivity contribution in [1.29, 1.82) is 0 Å². The van der Waals surface area contributed by atoms with E-state index in [2.05, 4.69) is 9.72 Å². The molecule has 1 heterocycles. The van der Waals surface area contributed by atoms with Crippen molar-refractivity contribution in [2.24, 2.45) is 0 Å². The molecule has 0 radical (unpaired) electrons. The fraction of sp³-hybridized carbons (Fsp3) is 0.545. The number of halogens is 4. The SMILES string of the molecule is COC(=O)CCCc1csc(NC(=O)C(F)(F)C(F)F)n1. The molecule has 118 valence electrons. The molecule has 10 heteroatoms. The van der Waals surface area contributed by atoms with Gasteiger partial charge in [-0.1, -0.05) is 0 Å². The van der Waals surface area contributed by atoms with Crippen LogP contribution in [-0.4, -0.2) is 36.3 Å². The summed E-state index contributed by atoms with van der Waals surface area (Å²) in [5.74, 6) is -7.26. The summed E-state index contributed by atoms with van der Waals surface area (Å²) in [5.41, 5.74) is 0.458. The van der Waals surface area contributed by atoms with Crippen LogP contribution in [0.1, 0.15) is 18.5 Å². The number of ether oxygens (including phenoxy) is 1. The minimum atomic E-state index is -4.77. The maximum absolute atomic E-state index is 12.7. The van der Waals surface area contributed by atoms with E-state index in [9.17, 15) is 27.2 Å². The van der Waals surface area contributed by atoms with Crippen molar-refractivity contribution >= 4 is 28.3 Å². The molecule has 0 saturated carbocycles. The number of methoxy groups -OCH3 is 1. The smallest absolute Gasteiger partial charge is 0.383 e. The Bertz CT molecular complexity index is 507. The summed E-state index contributed by atoms with van der Waals surface area (Å²) in [6.45, 7) is 0. The van der Waals surface area contributed by atoms with E-state index < -0.39 is 24.2 Å². The number of rotatable bonds is 7. The van der Waals surface area contributed by atoms with Gasteiger partial charge in [0.05, 0.1) is 12.8 Å². The van der Waals surface area contributed by atoms with Crippen LogP contribution in [0.4, 0.5) is 22.7 Å². The number of nitrogens with one attached hydrogen (secondary N) is 1. The van der Waals surface area contributed by atoms with Crippen molar-refractivity contribution in [3.8, 4) is 0 Å². The topological polar surface area (TPSA) is 68.3 Å². The number of esters is 1. The van der Waals surface area contributed by atoms with Crippen molar-refractivity contribution in [2.75, 3.05) is 12.4 Å². The van der Waals surface area contributed by atoms with Gasteiger partial charge in [-0.15, -0.1) is 11.3 Å². The van der Waals surface area contributed by atoms with Crippen LogP contribution in [-0.2, 0) is 20.7 Å². The van der Waals surface area contributed by atoms with Crippen LogP contribution in [0.3, 0.4) is 0 Å². The molecule has 0 saturated heterocycles. The Morgan fingerprint density at radius 2 is 2.14 bits per heavy atom. The van der Waals surface area contributed by atoms with Crippen molar-refractivity contribution in [3.63, 3.8) is 0 Å². The number of nitrogens with zero attached hydrogens (tertiary/aromatic N) is 1. The van der Waals surface area contributed by atoms with E-state index in [1.807, 2.05) is 0 Å². The van der Waals surface area contributed by atoms with Gasteiger partial charge in [-0.25, -0.2) is 13.8 Å². The number of aryl methyl sites for hydroxylation is 1. The fourth-order valence-corrected chi connectivity index (χ4v) is 2.01. The van der Waals surface area contributed by atoms with Gasteiger partial charge in [0.2, 0.25) is 0 Å². The van der Waals surface area contributed by atoms with Gasteiger partial charge < -0.3 is 4.74 Å². The highest BCUT2D eigenvalue weighted by molar-refractivity contribution is 7.13. The zero-order chi connectivity index (χ0) is 16.0. The second-order valence-corrected chi connectivity index (χ2v) is 4.81. The summed E-state index contributed by atoms with van der Waals surface area (Å²) in [6, 6.07) is 0. The molecule has 0 aromatic carbocycles. The number of carbonyl (C=O) groups is 2. The lowest BCUT2D eigenvalue weighted by Gasteiger charge is -2.13. The van der Waals surface area contributed by atoms with E-state index in [1.165, 1.54) is 12.5 Å². The number of aromatic nitrogens is 1. The van der Waals surface area contributed by atoms with E-state index >= 15 is 0 Å². The summed E-state index contributed by atoms with van der Waals surface area (Å²) in [7, 11) is 1.25. The zero-order valence-corrected chi connectivity index (χ0v) is 11.7. The van der Waals surface area contributed by atoms with Crippen molar-refractivity contribution in [1.82, 2.24) is 4.98 Å². The Labute approximate surface area is 121 Å². The quantitative estimate of drug-likeness (QED) is 0.617. The largest absolute Gasteiger partial charge is 0.469 e. The monoisotopic (exact) mass is 328 g/mol. The molecule has 0 aliphatic heterocycles. The van der Waals surface area contributed by atoms with E-state index in [0.717, 1.165) is 11.3 Å². The molecule has 1 aromatic heterocycles. The molecule has 0 atom stereocenters. The van der Waals surface area contributed by atoms with Gasteiger partial charge in [-0.3, -0.25) is 14.9 Å². The van der Waals surface area contributed by atoms with E-state index in [1.54, 1.807) is 5.32 Å². The number of carbonyl (C=O) groups excluding carboxylic acids is 2. The van der Waals surface area contributed by atoms with Crippen LogP contribution in [0.5, 0.6) is 0 Å². The number of anilines is 1. The standard InChI is InChI=1S/C11H12F4N2O3S/c1-20-7(18)4-2-3-6-5-21-10(16-6)17-9(19)11(14,15)8(12)13/h5,8H,2-4H2,1H3,(H,16,17,19). The maximum atomic E-state index is 12.7. The van der Waals surface area contributed by atoms with Crippen molar-refractivity contribution in [2.45, 2.75) is 31.6 Å². The molecule has 0 unspecified atom stereocenters. The Hall–Kier alpha value is -1.71. The van der Waals surface area contributed by atoms with Crippen molar-refractivity contribution < 1.29 is 31.9 Å². The minimum absolute atomic E-state index is 0.166. The first-order valence-corrected chi connectivity index (χ1v) is 6.64. The van der Waals surface area contributed by atoms with Gasteiger partial charge in [-0.05, 0) is 12.8 Å². The van der Waals surface area contributed by atoms with Gasteiger partial charge in [0, 0.05) is 11.8 Å². The van der Waals surface area contributed by atoms with Crippen LogP contribution in [0, 0.1) is 0 Å². The predicted octanol–water partition coefficient (Wildman–Crippen LogP) is 2.48. The third kappa shape index (κ3) is 4.96. The van der Waals surface area contributed by atoms with Crippen LogP contribution in [0.15, 0.2) is 5.38 Å². The van der Waals surface area contributed by atoms with Gasteiger partial charge in [0.15, 0.2) is 5.13 Å². The van der Waals surface area contributed by atoms with E-state index in [-0.39, 0.29) is 11.6 Å². The second-order valence-electron chi connectivity index (χ2n) is 3.95. The average Bonchev–Trinajstić information content (AvgIpc) is 2.85. The van der Waals surface area contributed by atoms with Gasteiger partial charge in [-0.2, -0.15) is 8.78 Å². The Balaban J connectivity index is 2.52. The second kappa shape index (κ2) is 7.34. The normalized spacial score (nSPS) is 11.5. The van der Waals surface area contributed by atoms with Crippen molar-refractivity contribution in [3.05, 3.63) is 11.1 Å². The highest BCUT2D eigenvalue weighted by Crippen LogP contribution is 2.26. The van der Waals surface area contributed by atoms with Gasteiger partial charge >= 0.3 is 24.2 Å². The Morgan fingerprint density at radius 3 is 2.71 bits per heavy atom. The lowest BCUT2D eigenvalue weighted by Crippen LogP contribution is -2.40. The molecule has 1 N–H and O–H groups in total. The molecule has 1 rings (SSSR count). The summed E-state index contributed by atoms with van der Waals surface area (Å²) in [5, 5.41) is 2.92. The highest BCUT2D eigenvalue weighted by Gasteiger charge is 2.49. The number of thiazole rings is 1. The van der Waals surface area contributed by atoms with Crippen LogP contribution in [0.2, 0.25) is 0 Å². The van der Waals surface area contributed by atoms with Crippen LogP contribution in [0.25, 0.3) is 0 Å². The number of alkyl halides is 4. The summed E-state index contributed by atoms with van der Waals surface area (Å²) >= 11 is 0.833. The molecule has 0 spiro atoms. The predicted molar refractivity (Wildman–Crippen MR) is 66.6 cm³/mol. The van der Waals surface area contributed by atoms with Gasteiger partial charge in [0.1, 0.15) is 0 Å². The molecule has 1 amide bonds. The first-order valence-electron chi connectivity index (χ1n) is 5.76. The number of hydrogen-bond acceptors (Lipinski definition) is 5.